The fourth-order valence-corrected chi connectivity index (χ4v) is 1.85. The summed E-state index contributed by atoms with van der Waals surface area (Å²) in [6.45, 7) is 5.28. The van der Waals surface area contributed by atoms with Gasteiger partial charge in [-0.15, -0.1) is 0 Å². The smallest absolute Gasteiger partial charge is 0.309 e. The van der Waals surface area contributed by atoms with Crippen molar-refractivity contribution in [2.45, 2.75) is 39.4 Å². The van der Waals surface area contributed by atoms with Crippen LogP contribution in [0, 0.1) is 11.3 Å². The van der Waals surface area contributed by atoms with Crippen LogP contribution in [0.1, 0.15) is 27.2 Å². The van der Waals surface area contributed by atoms with Gasteiger partial charge in [-0.1, -0.05) is 36.7 Å². The fourth-order valence-electron chi connectivity index (χ4n) is 1.59. The van der Waals surface area contributed by atoms with Crippen LogP contribution >= 0.6 is 15.9 Å². The molecule has 5 heteroatoms. The topological polar surface area (TPSA) is 77.8 Å². The molecule has 0 bridgehead atoms. The van der Waals surface area contributed by atoms with Crippen LogP contribution in [0.5, 0.6) is 0 Å². The van der Waals surface area contributed by atoms with Crippen molar-refractivity contribution in [1.29, 1.82) is 0 Å². The highest BCUT2D eigenvalue weighted by molar-refractivity contribution is 9.09. The highest BCUT2D eigenvalue weighted by Crippen LogP contribution is 2.30. The summed E-state index contributed by atoms with van der Waals surface area (Å²) in [5.41, 5.74) is -0.530. The molecule has 15 heavy (non-hydrogen) atoms. The number of aliphatic hydroxyl groups excluding tert-OH is 2. The van der Waals surface area contributed by atoms with E-state index in [-0.39, 0.29) is 6.42 Å². The zero-order valence-corrected chi connectivity index (χ0v) is 10.9. The molecular weight excluding hydrogens is 264 g/mol. The predicted molar refractivity (Wildman–Crippen MR) is 61.0 cm³/mol. The highest BCUT2D eigenvalue weighted by atomic mass is 79.9. The van der Waals surface area contributed by atoms with Gasteiger partial charge >= 0.3 is 5.97 Å². The molecule has 0 amide bonds. The van der Waals surface area contributed by atoms with Crippen LogP contribution in [0.15, 0.2) is 0 Å². The molecule has 0 aromatic rings. The van der Waals surface area contributed by atoms with Crippen LogP contribution in [0.25, 0.3) is 0 Å². The third kappa shape index (κ3) is 4.95. The van der Waals surface area contributed by atoms with Gasteiger partial charge in [-0.25, -0.2) is 0 Å². The van der Waals surface area contributed by atoms with Gasteiger partial charge in [-0.05, 0) is 5.41 Å². The number of hydrogen-bond acceptors (Lipinski definition) is 3. The van der Waals surface area contributed by atoms with Crippen LogP contribution in [-0.2, 0) is 4.79 Å². The first kappa shape index (κ1) is 14.9. The minimum atomic E-state index is -1.03. The Morgan fingerprint density at radius 3 is 2.07 bits per heavy atom. The van der Waals surface area contributed by atoms with Gasteiger partial charge in [-0.3, -0.25) is 4.79 Å². The standard InChI is InChI=1S/C10H19BrO4/c1-10(2,3)8(9(14)15)7(13)4-6(12)5-11/h6-8,12-13H,4-5H2,1-3H3,(H,14,15). The molecule has 3 atom stereocenters. The Balaban J connectivity index is 4.58. The molecule has 0 aliphatic heterocycles. The van der Waals surface area contributed by atoms with E-state index in [1.807, 2.05) is 0 Å². The van der Waals surface area contributed by atoms with E-state index in [0.29, 0.717) is 5.33 Å². The first-order valence-corrected chi connectivity index (χ1v) is 5.97. The summed E-state index contributed by atoms with van der Waals surface area (Å²) >= 11 is 3.07. The Morgan fingerprint density at radius 1 is 1.33 bits per heavy atom. The molecule has 0 spiro atoms. The Labute approximate surface area is 98.4 Å². The molecule has 0 aliphatic carbocycles. The van der Waals surface area contributed by atoms with Gasteiger partial charge in [-0.2, -0.15) is 0 Å². The first-order chi connectivity index (χ1) is 6.70. The maximum Gasteiger partial charge on any atom is 0.309 e. The lowest BCUT2D eigenvalue weighted by atomic mass is 9.76. The number of carboxylic acids is 1. The van der Waals surface area contributed by atoms with E-state index >= 15 is 0 Å². The van der Waals surface area contributed by atoms with Crippen molar-refractivity contribution in [1.82, 2.24) is 0 Å². The summed E-state index contributed by atoms with van der Waals surface area (Å²) in [6.07, 6.45) is -1.68. The molecule has 0 saturated carbocycles. The minimum Gasteiger partial charge on any atom is -0.481 e. The number of aliphatic carboxylic acids is 1. The van der Waals surface area contributed by atoms with Gasteiger partial charge < -0.3 is 15.3 Å². The van der Waals surface area contributed by atoms with E-state index in [1.54, 1.807) is 20.8 Å². The van der Waals surface area contributed by atoms with Gasteiger partial charge in [0.05, 0.1) is 18.1 Å². The van der Waals surface area contributed by atoms with Gasteiger partial charge in [0.1, 0.15) is 0 Å². The predicted octanol–water partition coefficient (Wildman–Crippen LogP) is 1.24. The molecular formula is C10H19BrO4. The number of halogens is 1. The summed E-state index contributed by atoms with van der Waals surface area (Å²) in [6, 6.07) is 0. The number of carbonyl (C=O) groups is 1. The second-order valence-electron chi connectivity index (χ2n) is 4.79. The van der Waals surface area contributed by atoms with Gasteiger partial charge in [0, 0.05) is 11.8 Å². The summed E-state index contributed by atoms with van der Waals surface area (Å²) in [4.78, 5) is 11.0. The molecule has 0 fully saturated rings. The molecule has 0 aliphatic rings. The van der Waals surface area contributed by atoms with Crippen molar-refractivity contribution in [3.8, 4) is 0 Å². The maximum absolute atomic E-state index is 11.0. The van der Waals surface area contributed by atoms with Crippen molar-refractivity contribution in [2.24, 2.45) is 11.3 Å². The highest BCUT2D eigenvalue weighted by Gasteiger charge is 2.37. The van der Waals surface area contributed by atoms with Crippen molar-refractivity contribution in [3.63, 3.8) is 0 Å². The van der Waals surface area contributed by atoms with Gasteiger partial charge in [0.2, 0.25) is 0 Å². The van der Waals surface area contributed by atoms with E-state index in [2.05, 4.69) is 15.9 Å². The zero-order chi connectivity index (χ0) is 12.2. The van der Waals surface area contributed by atoms with E-state index in [0.717, 1.165) is 0 Å². The number of hydrogen-bond donors (Lipinski definition) is 3. The average molecular weight is 283 g/mol. The number of aliphatic hydroxyl groups is 2. The second kappa shape index (κ2) is 5.82. The van der Waals surface area contributed by atoms with Crippen LogP contribution in [0.2, 0.25) is 0 Å². The molecule has 4 nitrogen and oxygen atoms in total. The van der Waals surface area contributed by atoms with Crippen molar-refractivity contribution < 1.29 is 20.1 Å². The molecule has 90 valence electrons. The third-order valence-electron chi connectivity index (χ3n) is 2.28. The molecule has 0 heterocycles. The van der Waals surface area contributed by atoms with E-state index in [9.17, 15) is 15.0 Å². The average Bonchev–Trinajstić information content (AvgIpc) is 1.99. The van der Waals surface area contributed by atoms with Crippen LogP contribution in [-0.4, -0.2) is 38.8 Å². The monoisotopic (exact) mass is 282 g/mol. The summed E-state index contributed by atoms with van der Waals surface area (Å²) in [7, 11) is 0. The fraction of sp³-hybridized carbons (Fsp3) is 0.900. The lowest BCUT2D eigenvalue weighted by Crippen LogP contribution is -2.40. The Hall–Kier alpha value is -0.130. The normalized spacial score (nSPS) is 18.3. The Bertz CT molecular complexity index is 212. The first-order valence-electron chi connectivity index (χ1n) is 4.85. The van der Waals surface area contributed by atoms with E-state index < -0.39 is 29.5 Å². The molecule has 3 N–H and O–H groups in total. The molecule has 0 radical (unpaired) electrons. The SMILES string of the molecule is CC(C)(C)C(C(=O)O)C(O)CC(O)CBr. The molecule has 0 aromatic carbocycles. The molecule has 0 rings (SSSR count). The summed E-state index contributed by atoms with van der Waals surface area (Å²) in [5, 5.41) is 28.4. The van der Waals surface area contributed by atoms with E-state index in [1.165, 1.54) is 0 Å². The second-order valence-corrected chi connectivity index (χ2v) is 5.44. The van der Waals surface area contributed by atoms with Gasteiger partial charge in [0.15, 0.2) is 0 Å². The largest absolute Gasteiger partial charge is 0.481 e. The number of rotatable bonds is 5. The number of carboxylic acid groups (broad SMARTS) is 1. The van der Waals surface area contributed by atoms with Crippen molar-refractivity contribution >= 4 is 21.9 Å². The molecule has 0 saturated heterocycles. The number of alkyl halides is 1. The van der Waals surface area contributed by atoms with Crippen LogP contribution in [0.4, 0.5) is 0 Å². The Kier molecular flexibility index (Phi) is 5.77. The zero-order valence-electron chi connectivity index (χ0n) is 9.27. The molecule has 3 unspecified atom stereocenters. The van der Waals surface area contributed by atoms with E-state index in [4.69, 9.17) is 5.11 Å². The maximum atomic E-state index is 11.0. The third-order valence-corrected chi connectivity index (χ3v) is 3.02. The summed E-state index contributed by atoms with van der Waals surface area (Å²) < 4.78 is 0. The van der Waals surface area contributed by atoms with Gasteiger partial charge in [0.25, 0.3) is 0 Å². The quantitative estimate of drug-likeness (QED) is 0.663. The lowest BCUT2D eigenvalue weighted by molar-refractivity contribution is -0.152. The van der Waals surface area contributed by atoms with Crippen LogP contribution in [0.3, 0.4) is 0 Å². The summed E-state index contributed by atoms with van der Waals surface area (Å²) in [5.74, 6) is -1.90. The van der Waals surface area contributed by atoms with Crippen LogP contribution < -0.4 is 0 Å². The lowest BCUT2D eigenvalue weighted by Gasteiger charge is -2.31. The van der Waals surface area contributed by atoms with Crippen molar-refractivity contribution in [3.05, 3.63) is 0 Å². The van der Waals surface area contributed by atoms with Crippen molar-refractivity contribution in [2.75, 3.05) is 5.33 Å². The Morgan fingerprint density at radius 2 is 1.80 bits per heavy atom. The minimum absolute atomic E-state index is 0.0689. The molecule has 0 aromatic heterocycles.